The molecule has 7 heteroatoms. The Morgan fingerprint density at radius 2 is 2.11 bits per heavy atom. The number of fused-ring (bicyclic) bond motifs is 2. The number of benzene rings is 1. The van der Waals surface area contributed by atoms with Crippen LogP contribution in [0.2, 0.25) is 0 Å². The van der Waals surface area contributed by atoms with Crippen LogP contribution < -0.4 is 10.1 Å². The van der Waals surface area contributed by atoms with Crippen LogP contribution in [0.5, 0.6) is 11.5 Å². The predicted octanol–water partition coefficient (Wildman–Crippen LogP) is 2.78. The molecule has 3 aromatic rings. The Morgan fingerprint density at radius 3 is 3.00 bits per heavy atom. The van der Waals surface area contributed by atoms with Gasteiger partial charge in [0.1, 0.15) is 17.2 Å². The molecule has 2 aromatic heterocycles. The van der Waals surface area contributed by atoms with Gasteiger partial charge in [-0.2, -0.15) is 0 Å². The molecule has 0 spiro atoms. The summed E-state index contributed by atoms with van der Waals surface area (Å²) in [6.07, 6.45) is 5.27. The van der Waals surface area contributed by atoms with Gasteiger partial charge >= 0.3 is 0 Å². The van der Waals surface area contributed by atoms with Gasteiger partial charge in [-0.15, -0.1) is 10.2 Å². The fourth-order valence-corrected chi connectivity index (χ4v) is 3.76. The van der Waals surface area contributed by atoms with Crippen LogP contribution in [0.1, 0.15) is 12.0 Å². The second kappa shape index (κ2) is 6.66. The summed E-state index contributed by atoms with van der Waals surface area (Å²) in [7, 11) is 0. The molecular formula is C20H20N4O3. The van der Waals surface area contributed by atoms with Gasteiger partial charge in [0.15, 0.2) is 5.82 Å². The lowest BCUT2D eigenvalue weighted by atomic mass is 10.0. The molecule has 0 radical (unpaired) electrons. The van der Waals surface area contributed by atoms with Gasteiger partial charge in [0.25, 0.3) is 0 Å². The number of nitrogens with one attached hydrogen (secondary N) is 1. The highest BCUT2D eigenvalue weighted by atomic mass is 16.5. The van der Waals surface area contributed by atoms with Gasteiger partial charge in [-0.3, -0.25) is 4.98 Å². The van der Waals surface area contributed by atoms with Crippen LogP contribution >= 0.6 is 0 Å². The first-order chi connectivity index (χ1) is 13.3. The van der Waals surface area contributed by atoms with Crippen molar-refractivity contribution in [1.82, 2.24) is 15.2 Å². The van der Waals surface area contributed by atoms with E-state index in [9.17, 15) is 5.11 Å². The molecule has 2 N–H and O–H groups in total. The minimum absolute atomic E-state index is 0.223. The fraction of sp³-hybridized carbons (Fsp3) is 0.350. The average molecular weight is 364 g/mol. The quantitative estimate of drug-likeness (QED) is 0.736. The van der Waals surface area contributed by atoms with E-state index in [1.54, 1.807) is 12.4 Å². The summed E-state index contributed by atoms with van der Waals surface area (Å²) in [5, 5.41) is 24.8. The highest BCUT2D eigenvalue weighted by molar-refractivity contribution is 6.00. The highest BCUT2D eigenvalue weighted by Gasteiger charge is 2.22. The number of nitrogens with zero attached hydrogens (tertiary/aromatic N) is 3. The molecular weight excluding hydrogens is 344 g/mol. The van der Waals surface area contributed by atoms with Crippen LogP contribution in [-0.2, 0) is 11.2 Å². The highest BCUT2D eigenvalue weighted by Crippen LogP contribution is 2.41. The summed E-state index contributed by atoms with van der Waals surface area (Å²) in [5.41, 5.74) is 2.15. The number of rotatable bonds is 4. The second-order valence-electron chi connectivity index (χ2n) is 6.97. The zero-order valence-corrected chi connectivity index (χ0v) is 14.8. The summed E-state index contributed by atoms with van der Waals surface area (Å²) in [4.78, 5) is 4.25. The lowest BCUT2D eigenvalue weighted by molar-refractivity contribution is 0.187. The van der Waals surface area contributed by atoms with E-state index < -0.39 is 0 Å². The Labute approximate surface area is 156 Å². The van der Waals surface area contributed by atoms with Gasteiger partial charge in [-0.1, -0.05) is 0 Å². The van der Waals surface area contributed by atoms with Gasteiger partial charge in [0.2, 0.25) is 0 Å². The Hall–Kier alpha value is -2.93. The Bertz CT molecular complexity index is 1000. The van der Waals surface area contributed by atoms with E-state index in [2.05, 4.69) is 20.5 Å². The standard InChI is InChI=1S/C20H20N4O3/c25-19-14-5-8-27-17(14)2-1-15(19)18-13-3-6-21-10-16(13)20(24-23-18)22-9-12-4-7-26-11-12/h1-3,6,10,12,25H,4-5,7-9,11H2,(H,22,24)/t12-/m1/s1. The first-order valence-corrected chi connectivity index (χ1v) is 9.21. The van der Waals surface area contributed by atoms with Crippen molar-refractivity contribution in [3.63, 3.8) is 0 Å². The zero-order chi connectivity index (χ0) is 18.2. The second-order valence-corrected chi connectivity index (χ2v) is 6.97. The number of aromatic nitrogens is 3. The molecule has 2 aliphatic rings. The van der Waals surface area contributed by atoms with Crippen molar-refractivity contribution >= 4 is 16.6 Å². The predicted molar refractivity (Wildman–Crippen MR) is 101 cm³/mol. The van der Waals surface area contributed by atoms with Crippen molar-refractivity contribution in [2.75, 3.05) is 31.7 Å². The van der Waals surface area contributed by atoms with E-state index in [0.29, 0.717) is 36.0 Å². The van der Waals surface area contributed by atoms with Crippen LogP contribution in [0.4, 0.5) is 5.82 Å². The molecule has 1 fully saturated rings. The van der Waals surface area contributed by atoms with Crippen molar-refractivity contribution in [2.45, 2.75) is 12.8 Å². The third-order valence-electron chi connectivity index (χ3n) is 5.27. The van der Waals surface area contributed by atoms with Crippen molar-refractivity contribution in [2.24, 2.45) is 5.92 Å². The number of pyridine rings is 1. The minimum atomic E-state index is 0.223. The number of hydrogen-bond donors (Lipinski definition) is 2. The molecule has 4 heterocycles. The maximum atomic E-state index is 10.7. The molecule has 1 atom stereocenters. The Morgan fingerprint density at radius 1 is 1.15 bits per heavy atom. The van der Waals surface area contributed by atoms with E-state index >= 15 is 0 Å². The molecule has 0 aliphatic carbocycles. The first-order valence-electron chi connectivity index (χ1n) is 9.21. The molecule has 0 amide bonds. The van der Waals surface area contributed by atoms with E-state index in [4.69, 9.17) is 9.47 Å². The zero-order valence-electron chi connectivity index (χ0n) is 14.8. The maximum absolute atomic E-state index is 10.7. The van der Waals surface area contributed by atoms with E-state index in [1.807, 2.05) is 18.2 Å². The smallest absolute Gasteiger partial charge is 0.158 e. The minimum Gasteiger partial charge on any atom is -0.507 e. The molecule has 0 bridgehead atoms. The molecule has 1 saturated heterocycles. The van der Waals surface area contributed by atoms with Crippen molar-refractivity contribution in [3.8, 4) is 22.8 Å². The number of ether oxygens (including phenoxy) is 2. The largest absolute Gasteiger partial charge is 0.507 e. The molecule has 138 valence electrons. The molecule has 27 heavy (non-hydrogen) atoms. The Kier molecular flexibility index (Phi) is 4.01. The van der Waals surface area contributed by atoms with Gasteiger partial charge in [0, 0.05) is 59.8 Å². The maximum Gasteiger partial charge on any atom is 0.158 e. The number of hydrogen-bond acceptors (Lipinski definition) is 7. The number of phenolic OH excluding ortho intramolecular Hbond substituents is 1. The molecule has 5 rings (SSSR count). The molecule has 1 aromatic carbocycles. The van der Waals surface area contributed by atoms with Crippen molar-refractivity contribution in [3.05, 3.63) is 36.2 Å². The third-order valence-corrected chi connectivity index (χ3v) is 5.27. The number of anilines is 1. The summed E-state index contributed by atoms with van der Waals surface area (Å²) >= 11 is 0. The summed E-state index contributed by atoms with van der Waals surface area (Å²) in [5.74, 6) is 2.16. The monoisotopic (exact) mass is 364 g/mol. The van der Waals surface area contributed by atoms with E-state index in [-0.39, 0.29) is 5.75 Å². The van der Waals surface area contributed by atoms with Crippen molar-refractivity contribution in [1.29, 1.82) is 0 Å². The lowest BCUT2D eigenvalue weighted by Crippen LogP contribution is -2.15. The van der Waals surface area contributed by atoms with Crippen LogP contribution in [0.15, 0.2) is 30.6 Å². The van der Waals surface area contributed by atoms with Gasteiger partial charge < -0.3 is 19.9 Å². The molecule has 0 unspecified atom stereocenters. The van der Waals surface area contributed by atoms with Gasteiger partial charge in [0.05, 0.1) is 13.2 Å². The molecule has 0 saturated carbocycles. The summed E-state index contributed by atoms with van der Waals surface area (Å²) in [6, 6.07) is 5.64. The average Bonchev–Trinajstić information content (AvgIpc) is 3.39. The molecule has 2 aliphatic heterocycles. The van der Waals surface area contributed by atoms with Crippen LogP contribution in [0, 0.1) is 5.92 Å². The number of aromatic hydroxyl groups is 1. The van der Waals surface area contributed by atoms with Crippen LogP contribution in [-0.4, -0.2) is 46.7 Å². The van der Waals surface area contributed by atoms with E-state index in [1.165, 1.54) is 0 Å². The van der Waals surface area contributed by atoms with Gasteiger partial charge in [-0.05, 0) is 24.6 Å². The topological polar surface area (TPSA) is 89.4 Å². The third kappa shape index (κ3) is 2.84. The van der Waals surface area contributed by atoms with Gasteiger partial charge in [-0.25, -0.2) is 0 Å². The van der Waals surface area contributed by atoms with Crippen molar-refractivity contribution < 1.29 is 14.6 Å². The van der Waals surface area contributed by atoms with Crippen LogP contribution in [0.3, 0.4) is 0 Å². The fourth-order valence-electron chi connectivity index (χ4n) is 3.76. The SMILES string of the molecule is Oc1c(-c2nnc(NC[C@H]3CCOC3)c3cnccc23)ccc2c1CCO2. The van der Waals surface area contributed by atoms with E-state index in [0.717, 1.165) is 48.3 Å². The first kappa shape index (κ1) is 16.3. The Balaban J connectivity index is 1.55. The normalized spacial score (nSPS) is 18.4. The molecule has 7 nitrogen and oxygen atoms in total. The van der Waals surface area contributed by atoms with Crippen LogP contribution in [0.25, 0.3) is 22.0 Å². The number of phenols is 1. The lowest BCUT2D eigenvalue weighted by Gasteiger charge is -2.14. The summed E-state index contributed by atoms with van der Waals surface area (Å²) < 4.78 is 11.0. The summed E-state index contributed by atoms with van der Waals surface area (Å²) in [6.45, 7) is 2.98.